The van der Waals surface area contributed by atoms with Crippen LogP contribution >= 0.6 is 0 Å². The molecule has 0 spiro atoms. The van der Waals surface area contributed by atoms with Crippen molar-refractivity contribution >= 4 is 0 Å². The first-order chi connectivity index (χ1) is 7.65. The number of nitrogens with one attached hydrogen (secondary N) is 1. The van der Waals surface area contributed by atoms with E-state index in [0.717, 1.165) is 23.6 Å². The third kappa shape index (κ3) is 3.31. The van der Waals surface area contributed by atoms with Gasteiger partial charge < -0.3 is 5.32 Å². The molecule has 0 bridgehead atoms. The van der Waals surface area contributed by atoms with Gasteiger partial charge in [-0.25, -0.2) is 4.39 Å². The molecule has 0 saturated heterocycles. The smallest absolute Gasteiger partial charge is 0.126 e. The Morgan fingerprint density at radius 3 is 2.81 bits per heavy atom. The Morgan fingerprint density at radius 1 is 1.44 bits per heavy atom. The van der Waals surface area contributed by atoms with Crippen molar-refractivity contribution in [2.75, 3.05) is 0 Å². The molecule has 2 heteroatoms. The van der Waals surface area contributed by atoms with Crippen LogP contribution in [0.15, 0.2) is 18.2 Å². The monoisotopic (exact) mass is 221 g/mol. The summed E-state index contributed by atoms with van der Waals surface area (Å²) in [5.41, 5.74) is 1.75. The quantitative estimate of drug-likeness (QED) is 0.803. The predicted octanol–water partition coefficient (Wildman–Crippen LogP) is 3.41. The third-order valence-corrected chi connectivity index (χ3v) is 3.27. The molecule has 1 atom stereocenters. The van der Waals surface area contributed by atoms with E-state index in [4.69, 9.17) is 0 Å². The third-order valence-electron chi connectivity index (χ3n) is 3.27. The Balaban J connectivity index is 1.81. The SMILES string of the molecule is Cc1ccc(CNC(C)CC2CC2)cc1F. The van der Waals surface area contributed by atoms with Crippen LogP contribution in [0.4, 0.5) is 4.39 Å². The summed E-state index contributed by atoms with van der Waals surface area (Å²) in [6.07, 6.45) is 4.05. The van der Waals surface area contributed by atoms with Gasteiger partial charge in [-0.1, -0.05) is 25.0 Å². The standard InChI is InChI=1S/C14H20FN/c1-10-3-4-13(8-14(10)15)9-16-11(2)7-12-5-6-12/h3-4,8,11-12,16H,5-7,9H2,1-2H3. The maximum Gasteiger partial charge on any atom is 0.126 e. The molecular weight excluding hydrogens is 201 g/mol. The summed E-state index contributed by atoms with van der Waals surface area (Å²) in [6.45, 7) is 4.77. The van der Waals surface area contributed by atoms with Crippen molar-refractivity contribution in [3.05, 3.63) is 35.1 Å². The highest BCUT2D eigenvalue weighted by molar-refractivity contribution is 5.23. The summed E-state index contributed by atoms with van der Waals surface area (Å²) in [5, 5.41) is 3.45. The normalized spacial score (nSPS) is 17.4. The van der Waals surface area contributed by atoms with Crippen LogP contribution in [-0.4, -0.2) is 6.04 Å². The van der Waals surface area contributed by atoms with E-state index in [2.05, 4.69) is 12.2 Å². The fourth-order valence-corrected chi connectivity index (χ4v) is 1.98. The van der Waals surface area contributed by atoms with Gasteiger partial charge in [0, 0.05) is 12.6 Å². The second-order valence-electron chi connectivity index (χ2n) is 5.04. The minimum absolute atomic E-state index is 0.103. The van der Waals surface area contributed by atoms with Crippen molar-refractivity contribution in [2.45, 2.75) is 45.7 Å². The molecule has 1 aliphatic carbocycles. The molecule has 0 heterocycles. The summed E-state index contributed by atoms with van der Waals surface area (Å²) in [6, 6.07) is 6.01. The van der Waals surface area contributed by atoms with Crippen molar-refractivity contribution in [3.8, 4) is 0 Å². The van der Waals surface area contributed by atoms with Gasteiger partial charge in [0.05, 0.1) is 0 Å². The molecule has 1 nitrogen and oxygen atoms in total. The molecule has 1 N–H and O–H groups in total. The molecule has 88 valence electrons. The van der Waals surface area contributed by atoms with E-state index in [-0.39, 0.29) is 5.82 Å². The lowest BCUT2D eigenvalue weighted by atomic mass is 10.1. The van der Waals surface area contributed by atoms with Crippen LogP contribution in [0, 0.1) is 18.7 Å². The molecule has 0 aromatic heterocycles. The zero-order valence-electron chi connectivity index (χ0n) is 10.1. The summed E-state index contributed by atoms with van der Waals surface area (Å²) in [4.78, 5) is 0. The topological polar surface area (TPSA) is 12.0 Å². The number of rotatable bonds is 5. The van der Waals surface area contributed by atoms with Crippen LogP contribution in [-0.2, 0) is 6.54 Å². The van der Waals surface area contributed by atoms with E-state index in [9.17, 15) is 4.39 Å². The first kappa shape index (κ1) is 11.6. The highest BCUT2D eigenvalue weighted by atomic mass is 19.1. The van der Waals surface area contributed by atoms with Crippen molar-refractivity contribution in [1.29, 1.82) is 0 Å². The molecule has 0 aliphatic heterocycles. The largest absolute Gasteiger partial charge is 0.310 e. The van der Waals surface area contributed by atoms with Crippen LogP contribution in [0.3, 0.4) is 0 Å². The van der Waals surface area contributed by atoms with E-state index >= 15 is 0 Å². The molecule has 1 fully saturated rings. The fourth-order valence-electron chi connectivity index (χ4n) is 1.98. The molecule has 1 saturated carbocycles. The maximum absolute atomic E-state index is 13.3. The molecule has 2 rings (SSSR count). The molecule has 1 aromatic rings. The number of aryl methyl sites for hydroxylation is 1. The first-order valence-electron chi connectivity index (χ1n) is 6.13. The minimum Gasteiger partial charge on any atom is -0.310 e. The Hall–Kier alpha value is -0.890. The molecule has 0 amide bonds. The van der Waals surface area contributed by atoms with Crippen molar-refractivity contribution in [2.24, 2.45) is 5.92 Å². The highest BCUT2D eigenvalue weighted by Crippen LogP contribution is 2.33. The second kappa shape index (κ2) is 4.96. The highest BCUT2D eigenvalue weighted by Gasteiger charge is 2.23. The summed E-state index contributed by atoms with van der Waals surface area (Å²) in [7, 11) is 0. The Labute approximate surface area is 97.1 Å². The molecule has 1 unspecified atom stereocenters. The average molecular weight is 221 g/mol. The van der Waals surface area contributed by atoms with Gasteiger partial charge in [-0.15, -0.1) is 0 Å². The van der Waals surface area contributed by atoms with Gasteiger partial charge >= 0.3 is 0 Å². The van der Waals surface area contributed by atoms with Crippen molar-refractivity contribution in [1.82, 2.24) is 5.32 Å². The van der Waals surface area contributed by atoms with Crippen LogP contribution in [0.1, 0.15) is 37.3 Å². The lowest BCUT2D eigenvalue weighted by Gasteiger charge is -2.13. The van der Waals surface area contributed by atoms with Crippen LogP contribution in [0.5, 0.6) is 0 Å². The van der Waals surface area contributed by atoms with E-state index < -0.39 is 0 Å². The maximum atomic E-state index is 13.3. The zero-order chi connectivity index (χ0) is 11.5. The molecular formula is C14H20FN. The molecule has 0 radical (unpaired) electrons. The number of benzene rings is 1. The van der Waals surface area contributed by atoms with Gasteiger partial charge in [0.2, 0.25) is 0 Å². The van der Waals surface area contributed by atoms with E-state index in [1.54, 1.807) is 13.0 Å². The number of hydrogen-bond acceptors (Lipinski definition) is 1. The Bertz CT molecular complexity index is 358. The Kier molecular flexibility index (Phi) is 3.59. The summed E-state index contributed by atoms with van der Waals surface area (Å²) in [5.74, 6) is 0.839. The van der Waals surface area contributed by atoms with Gasteiger partial charge in [-0.05, 0) is 43.4 Å². The van der Waals surface area contributed by atoms with Gasteiger partial charge in [0.1, 0.15) is 5.82 Å². The molecule has 16 heavy (non-hydrogen) atoms. The van der Waals surface area contributed by atoms with Crippen LogP contribution in [0.2, 0.25) is 0 Å². The van der Waals surface area contributed by atoms with Crippen LogP contribution < -0.4 is 5.32 Å². The summed E-state index contributed by atoms with van der Waals surface area (Å²) >= 11 is 0. The van der Waals surface area contributed by atoms with Crippen molar-refractivity contribution in [3.63, 3.8) is 0 Å². The van der Waals surface area contributed by atoms with Crippen LogP contribution in [0.25, 0.3) is 0 Å². The molecule has 1 aromatic carbocycles. The first-order valence-corrected chi connectivity index (χ1v) is 6.13. The predicted molar refractivity (Wildman–Crippen MR) is 64.8 cm³/mol. The Morgan fingerprint density at radius 2 is 2.19 bits per heavy atom. The number of halogens is 1. The van der Waals surface area contributed by atoms with E-state index in [1.807, 2.05) is 12.1 Å². The molecule has 1 aliphatic rings. The lowest BCUT2D eigenvalue weighted by molar-refractivity contribution is 0.486. The second-order valence-corrected chi connectivity index (χ2v) is 5.04. The lowest BCUT2D eigenvalue weighted by Crippen LogP contribution is -2.25. The minimum atomic E-state index is -0.103. The fraction of sp³-hybridized carbons (Fsp3) is 0.571. The van der Waals surface area contributed by atoms with Crippen molar-refractivity contribution < 1.29 is 4.39 Å². The van der Waals surface area contributed by atoms with Gasteiger partial charge in [-0.3, -0.25) is 0 Å². The van der Waals surface area contributed by atoms with Gasteiger partial charge in [0.25, 0.3) is 0 Å². The van der Waals surface area contributed by atoms with Gasteiger partial charge in [0.15, 0.2) is 0 Å². The zero-order valence-corrected chi connectivity index (χ0v) is 10.1. The average Bonchev–Trinajstić information content (AvgIpc) is 3.04. The van der Waals surface area contributed by atoms with E-state index in [0.29, 0.717) is 6.04 Å². The summed E-state index contributed by atoms with van der Waals surface area (Å²) < 4.78 is 13.3. The number of hydrogen-bond donors (Lipinski definition) is 1. The van der Waals surface area contributed by atoms with Gasteiger partial charge in [-0.2, -0.15) is 0 Å². The van der Waals surface area contributed by atoms with E-state index in [1.165, 1.54) is 19.3 Å².